The summed E-state index contributed by atoms with van der Waals surface area (Å²) in [6, 6.07) is 10.0. The van der Waals surface area contributed by atoms with Gasteiger partial charge < -0.3 is 10.6 Å². The lowest BCUT2D eigenvalue weighted by molar-refractivity contribution is -0.133. The van der Waals surface area contributed by atoms with Crippen molar-refractivity contribution in [2.75, 3.05) is 11.9 Å². The molecule has 1 heterocycles. The van der Waals surface area contributed by atoms with E-state index in [4.69, 9.17) is 11.6 Å². The number of hydrogen-bond acceptors (Lipinski definition) is 3. The maximum absolute atomic E-state index is 12.9. The third-order valence-corrected chi connectivity index (χ3v) is 5.19. The van der Waals surface area contributed by atoms with Crippen LogP contribution in [-0.2, 0) is 15.1 Å². The summed E-state index contributed by atoms with van der Waals surface area (Å²) in [5.41, 5.74) is 3.01. The van der Waals surface area contributed by atoms with Crippen molar-refractivity contribution in [2.24, 2.45) is 0 Å². The average Bonchev–Trinajstić information content (AvgIpc) is 2.83. The predicted molar refractivity (Wildman–Crippen MR) is 108 cm³/mol. The number of imide groups is 1. The Morgan fingerprint density at radius 3 is 2.25 bits per heavy atom. The number of aryl methyl sites for hydroxylation is 3. The van der Waals surface area contributed by atoms with Crippen LogP contribution in [0.15, 0.2) is 36.4 Å². The lowest BCUT2D eigenvalue weighted by atomic mass is 9.92. The lowest BCUT2D eigenvalue weighted by Crippen LogP contribution is -2.42. The number of carbonyl (C=O) groups excluding carboxylic acids is 3. The van der Waals surface area contributed by atoms with Crippen molar-refractivity contribution >= 4 is 35.1 Å². The third-order valence-electron chi connectivity index (χ3n) is 4.94. The van der Waals surface area contributed by atoms with Gasteiger partial charge in [-0.15, -0.1) is 0 Å². The largest absolute Gasteiger partial charge is 0.325 e. The Hall–Kier alpha value is -2.86. The Kier molecular flexibility index (Phi) is 5.17. The summed E-state index contributed by atoms with van der Waals surface area (Å²) >= 11 is 5.90. The highest BCUT2D eigenvalue weighted by atomic mass is 35.5. The molecule has 0 radical (unpaired) electrons. The summed E-state index contributed by atoms with van der Waals surface area (Å²) in [5, 5.41) is 6.03. The summed E-state index contributed by atoms with van der Waals surface area (Å²) in [6.45, 7) is 7.04. The van der Waals surface area contributed by atoms with Gasteiger partial charge in [0.2, 0.25) is 5.91 Å². The Bertz CT molecular complexity index is 948. The van der Waals surface area contributed by atoms with Crippen molar-refractivity contribution in [3.63, 3.8) is 0 Å². The van der Waals surface area contributed by atoms with Gasteiger partial charge in [-0.25, -0.2) is 4.79 Å². The Labute approximate surface area is 168 Å². The topological polar surface area (TPSA) is 78.5 Å². The van der Waals surface area contributed by atoms with Crippen LogP contribution in [-0.4, -0.2) is 29.3 Å². The second kappa shape index (κ2) is 7.28. The molecule has 0 aliphatic carbocycles. The van der Waals surface area contributed by atoms with E-state index in [0.29, 0.717) is 16.3 Å². The fourth-order valence-corrected chi connectivity index (χ4v) is 3.65. The van der Waals surface area contributed by atoms with Crippen LogP contribution >= 0.6 is 11.6 Å². The number of nitrogens with one attached hydrogen (secondary N) is 2. The number of benzene rings is 2. The molecule has 4 amide bonds. The van der Waals surface area contributed by atoms with Crippen LogP contribution in [0.5, 0.6) is 0 Å². The van der Waals surface area contributed by atoms with E-state index >= 15 is 0 Å². The highest BCUT2D eigenvalue weighted by molar-refractivity contribution is 6.30. The molecule has 1 saturated heterocycles. The van der Waals surface area contributed by atoms with E-state index in [1.54, 1.807) is 31.2 Å². The van der Waals surface area contributed by atoms with Crippen LogP contribution in [0.2, 0.25) is 5.02 Å². The number of carbonyl (C=O) groups is 3. The molecule has 0 bridgehead atoms. The SMILES string of the molecule is Cc1cc(C)c(NC(=O)CN2C(=O)N[C@](C)(c3ccc(Cl)cc3)C2=O)c(C)c1. The van der Waals surface area contributed by atoms with E-state index < -0.39 is 23.4 Å². The number of anilines is 1. The zero-order valence-electron chi connectivity index (χ0n) is 16.2. The molecule has 0 spiro atoms. The second-order valence-electron chi connectivity index (χ2n) is 7.28. The smallest absolute Gasteiger partial charge is 0.324 e. The van der Waals surface area contributed by atoms with Crippen LogP contribution in [0.4, 0.5) is 10.5 Å². The number of rotatable bonds is 4. The minimum absolute atomic E-state index is 0.361. The molecule has 0 aromatic heterocycles. The number of urea groups is 1. The fraction of sp³-hybridized carbons (Fsp3) is 0.286. The van der Waals surface area contributed by atoms with Gasteiger partial charge in [0.05, 0.1) is 0 Å². The molecule has 2 aromatic carbocycles. The number of hydrogen-bond donors (Lipinski definition) is 2. The first kappa shape index (κ1) is 19.9. The van der Waals surface area contributed by atoms with Crippen LogP contribution in [0.1, 0.15) is 29.2 Å². The number of amides is 4. The van der Waals surface area contributed by atoms with E-state index in [1.807, 2.05) is 32.9 Å². The molecule has 0 unspecified atom stereocenters. The quantitative estimate of drug-likeness (QED) is 0.770. The summed E-state index contributed by atoms with van der Waals surface area (Å²) in [6.07, 6.45) is 0. The summed E-state index contributed by atoms with van der Waals surface area (Å²) in [7, 11) is 0. The van der Waals surface area contributed by atoms with Crippen molar-refractivity contribution in [1.82, 2.24) is 10.2 Å². The van der Waals surface area contributed by atoms with Gasteiger partial charge in [0.25, 0.3) is 5.91 Å². The molecule has 1 aliphatic rings. The van der Waals surface area contributed by atoms with Gasteiger partial charge in [-0.05, 0) is 56.5 Å². The molecule has 1 aliphatic heterocycles. The van der Waals surface area contributed by atoms with E-state index in [1.165, 1.54) is 0 Å². The Morgan fingerprint density at radius 2 is 1.68 bits per heavy atom. The van der Waals surface area contributed by atoms with E-state index in [0.717, 1.165) is 21.6 Å². The summed E-state index contributed by atoms with van der Waals surface area (Å²) in [5.74, 6) is -0.911. The van der Waals surface area contributed by atoms with Crippen LogP contribution in [0, 0.1) is 20.8 Å². The third kappa shape index (κ3) is 3.60. The van der Waals surface area contributed by atoms with Gasteiger partial charge in [-0.2, -0.15) is 0 Å². The highest BCUT2D eigenvalue weighted by Crippen LogP contribution is 2.30. The minimum Gasteiger partial charge on any atom is -0.324 e. The number of nitrogens with zero attached hydrogens (tertiary/aromatic N) is 1. The van der Waals surface area contributed by atoms with Gasteiger partial charge in [0.1, 0.15) is 12.1 Å². The molecule has 0 saturated carbocycles. The Morgan fingerprint density at radius 1 is 1.11 bits per heavy atom. The molecule has 28 heavy (non-hydrogen) atoms. The van der Waals surface area contributed by atoms with Gasteiger partial charge in [0, 0.05) is 10.7 Å². The van der Waals surface area contributed by atoms with Crippen molar-refractivity contribution < 1.29 is 14.4 Å². The van der Waals surface area contributed by atoms with Crippen LogP contribution in [0.3, 0.4) is 0 Å². The Balaban J connectivity index is 1.78. The van der Waals surface area contributed by atoms with Crippen molar-refractivity contribution in [3.8, 4) is 0 Å². The molecular formula is C21H22ClN3O3. The van der Waals surface area contributed by atoms with Crippen LogP contribution < -0.4 is 10.6 Å². The summed E-state index contributed by atoms with van der Waals surface area (Å²) < 4.78 is 0. The normalized spacial score (nSPS) is 19.0. The van der Waals surface area contributed by atoms with Gasteiger partial charge in [-0.1, -0.05) is 41.4 Å². The second-order valence-corrected chi connectivity index (χ2v) is 7.71. The molecule has 7 heteroatoms. The van der Waals surface area contributed by atoms with E-state index in [9.17, 15) is 14.4 Å². The fourth-order valence-electron chi connectivity index (χ4n) is 3.52. The van der Waals surface area contributed by atoms with Gasteiger partial charge in [-0.3, -0.25) is 14.5 Å². The number of halogens is 1. The first-order valence-corrected chi connectivity index (χ1v) is 9.27. The molecule has 1 atom stereocenters. The van der Waals surface area contributed by atoms with Crippen LogP contribution in [0.25, 0.3) is 0 Å². The standard InChI is InChI=1S/C21H22ClN3O3/c1-12-9-13(2)18(14(3)10-12)23-17(26)11-25-19(27)21(4,24-20(25)28)15-5-7-16(22)8-6-15/h5-10H,11H2,1-4H3,(H,23,26)(H,24,28)/t21-/m1/s1. The lowest BCUT2D eigenvalue weighted by Gasteiger charge is -2.22. The average molecular weight is 400 g/mol. The molecule has 3 rings (SSSR count). The minimum atomic E-state index is -1.24. The zero-order chi connectivity index (χ0) is 20.6. The van der Waals surface area contributed by atoms with Crippen molar-refractivity contribution in [2.45, 2.75) is 33.2 Å². The first-order valence-electron chi connectivity index (χ1n) is 8.89. The molecule has 1 fully saturated rings. The maximum atomic E-state index is 12.9. The molecule has 6 nitrogen and oxygen atoms in total. The molecule has 2 N–H and O–H groups in total. The van der Waals surface area contributed by atoms with E-state index in [2.05, 4.69) is 10.6 Å². The summed E-state index contributed by atoms with van der Waals surface area (Å²) in [4.78, 5) is 38.8. The maximum Gasteiger partial charge on any atom is 0.325 e. The van der Waals surface area contributed by atoms with Gasteiger partial charge >= 0.3 is 6.03 Å². The molecular weight excluding hydrogens is 378 g/mol. The predicted octanol–water partition coefficient (Wildman–Crippen LogP) is 3.67. The first-order chi connectivity index (χ1) is 13.1. The van der Waals surface area contributed by atoms with E-state index in [-0.39, 0.29) is 6.54 Å². The molecule has 2 aromatic rings. The monoisotopic (exact) mass is 399 g/mol. The van der Waals surface area contributed by atoms with Gasteiger partial charge in [0.15, 0.2) is 0 Å². The zero-order valence-corrected chi connectivity index (χ0v) is 17.0. The van der Waals surface area contributed by atoms with Crippen molar-refractivity contribution in [1.29, 1.82) is 0 Å². The highest BCUT2D eigenvalue weighted by Gasteiger charge is 2.49. The van der Waals surface area contributed by atoms with Crippen molar-refractivity contribution in [3.05, 3.63) is 63.7 Å². The molecule has 146 valence electrons.